The molecule has 184 valence electrons. The first-order valence-electron chi connectivity index (χ1n) is 11.6. The van der Waals surface area contributed by atoms with Crippen molar-refractivity contribution in [1.29, 1.82) is 0 Å². The third-order valence-corrected chi connectivity index (χ3v) is 8.24. The lowest BCUT2D eigenvalue weighted by atomic mass is 10.0. The van der Waals surface area contributed by atoms with Gasteiger partial charge in [-0.3, -0.25) is 10.1 Å². The molecule has 2 aromatic rings. The molecule has 0 radical (unpaired) electrons. The highest BCUT2D eigenvalue weighted by atomic mass is 32.2. The maximum absolute atomic E-state index is 12.9. The van der Waals surface area contributed by atoms with Gasteiger partial charge < -0.3 is 14.7 Å². The van der Waals surface area contributed by atoms with Crippen LogP contribution in [0, 0.1) is 5.92 Å². The SMILES string of the molecule is CN1C(c2cnn(C)c2)=NNC1SCCCN1CC2CCN(c3ccc(C(F)(F)F)cc3)C2C1. The van der Waals surface area contributed by atoms with Crippen LogP contribution in [0.1, 0.15) is 24.0 Å². The maximum atomic E-state index is 12.9. The number of rotatable bonds is 7. The normalized spacial score (nSPS) is 25.1. The van der Waals surface area contributed by atoms with Crippen LogP contribution < -0.4 is 10.3 Å². The summed E-state index contributed by atoms with van der Waals surface area (Å²) in [4.78, 5) is 6.95. The van der Waals surface area contributed by atoms with Crippen molar-refractivity contribution in [1.82, 2.24) is 25.0 Å². The van der Waals surface area contributed by atoms with E-state index in [4.69, 9.17) is 0 Å². The van der Waals surface area contributed by atoms with E-state index in [1.165, 1.54) is 12.1 Å². The lowest BCUT2D eigenvalue weighted by Crippen LogP contribution is -2.36. The number of fused-ring (bicyclic) bond motifs is 1. The number of benzene rings is 1. The van der Waals surface area contributed by atoms with Gasteiger partial charge in [-0.2, -0.15) is 23.4 Å². The van der Waals surface area contributed by atoms with Crippen molar-refractivity contribution in [2.45, 2.75) is 30.6 Å². The molecule has 4 heterocycles. The summed E-state index contributed by atoms with van der Waals surface area (Å²) in [5.41, 5.74) is 4.64. The molecule has 7 nitrogen and oxygen atoms in total. The number of alkyl halides is 3. The average Bonchev–Trinajstić information content (AvgIpc) is 3.56. The smallest absolute Gasteiger partial charge is 0.367 e. The number of nitrogens with one attached hydrogen (secondary N) is 1. The molecular weight excluding hydrogens is 463 g/mol. The lowest BCUT2D eigenvalue weighted by Gasteiger charge is -2.27. The predicted octanol–water partition coefficient (Wildman–Crippen LogP) is 3.25. The van der Waals surface area contributed by atoms with E-state index >= 15 is 0 Å². The molecular formula is C23H30F3N7S. The minimum atomic E-state index is -4.29. The molecule has 0 bridgehead atoms. The molecule has 3 atom stereocenters. The van der Waals surface area contributed by atoms with Gasteiger partial charge in [0.1, 0.15) is 0 Å². The summed E-state index contributed by atoms with van der Waals surface area (Å²) < 4.78 is 40.4. The quantitative estimate of drug-likeness (QED) is 0.598. The molecule has 2 fully saturated rings. The summed E-state index contributed by atoms with van der Waals surface area (Å²) in [6, 6.07) is 6.03. The molecule has 0 saturated carbocycles. The van der Waals surface area contributed by atoms with Crippen LogP contribution in [0.5, 0.6) is 0 Å². The van der Waals surface area contributed by atoms with Gasteiger partial charge >= 0.3 is 6.18 Å². The summed E-state index contributed by atoms with van der Waals surface area (Å²) >= 11 is 1.85. The van der Waals surface area contributed by atoms with Crippen molar-refractivity contribution in [2.75, 3.05) is 43.9 Å². The van der Waals surface area contributed by atoms with E-state index in [0.717, 1.165) is 61.9 Å². The second-order valence-corrected chi connectivity index (χ2v) is 10.5. The third-order valence-electron chi connectivity index (χ3n) is 6.97. The number of amidine groups is 1. The van der Waals surface area contributed by atoms with Crippen LogP contribution in [0.25, 0.3) is 0 Å². The lowest BCUT2D eigenvalue weighted by molar-refractivity contribution is -0.137. The topological polar surface area (TPSA) is 51.9 Å². The molecule has 3 unspecified atom stereocenters. The van der Waals surface area contributed by atoms with E-state index in [1.54, 1.807) is 16.8 Å². The number of hydrazone groups is 1. The number of thioether (sulfide) groups is 1. The summed E-state index contributed by atoms with van der Waals surface area (Å²) in [5.74, 6) is 2.51. The Bertz CT molecular complexity index is 1020. The predicted molar refractivity (Wildman–Crippen MR) is 129 cm³/mol. The number of hydrogen-bond acceptors (Lipinski definition) is 7. The Labute approximate surface area is 202 Å². The Morgan fingerprint density at radius 1 is 1.15 bits per heavy atom. The molecule has 0 spiro atoms. The van der Waals surface area contributed by atoms with E-state index in [1.807, 2.05) is 38.3 Å². The van der Waals surface area contributed by atoms with Crippen molar-refractivity contribution in [3.05, 3.63) is 47.8 Å². The first-order valence-corrected chi connectivity index (χ1v) is 12.7. The Kier molecular flexibility index (Phi) is 6.41. The average molecular weight is 494 g/mol. The fraction of sp³-hybridized carbons (Fsp3) is 0.565. The van der Waals surface area contributed by atoms with Gasteiger partial charge in [-0.15, -0.1) is 11.8 Å². The number of hydrogen-bond donors (Lipinski definition) is 1. The molecule has 3 aliphatic heterocycles. The van der Waals surface area contributed by atoms with Crippen molar-refractivity contribution in [3.63, 3.8) is 0 Å². The summed E-state index contributed by atoms with van der Waals surface area (Å²) in [5, 5.41) is 8.70. The van der Waals surface area contributed by atoms with E-state index in [2.05, 4.69) is 30.3 Å². The number of aryl methyl sites for hydroxylation is 1. The fourth-order valence-electron chi connectivity index (χ4n) is 5.22. The number of nitrogens with zero attached hydrogens (tertiary/aromatic N) is 6. The van der Waals surface area contributed by atoms with Gasteiger partial charge in [-0.1, -0.05) is 0 Å². The number of anilines is 1. The van der Waals surface area contributed by atoms with E-state index < -0.39 is 11.7 Å². The minimum absolute atomic E-state index is 0.114. The first-order chi connectivity index (χ1) is 16.3. The van der Waals surface area contributed by atoms with Crippen molar-refractivity contribution in [3.8, 4) is 0 Å². The molecule has 1 aromatic heterocycles. The highest BCUT2D eigenvalue weighted by Gasteiger charge is 2.41. The van der Waals surface area contributed by atoms with Crippen LogP contribution in [0.2, 0.25) is 0 Å². The second-order valence-electron chi connectivity index (χ2n) is 9.27. The van der Waals surface area contributed by atoms with Crippen molar-refractivity contribution >= 4 is 23.3 Å². The zero-order valence-corrected chi connectivity index (χ0v) is 20.2. The standard InChI is InChI=1S/C23H30F3N7S/c1-30-13-17(12-27-30)21-28-29-22(31(21)2)34-11-3-9-32-14-16-8-10-33(20(16)15-32)19-6-4-18(5-7-19)23(24,25)26/h4-7,12-13,16,20,22,29H,3,8-11,14-15H2,1-2H3. The van der Waals surface area contributed by atoms with Crippen LogP contribution in [0.4, 0.5) is 18.9 Å². The first kappa shape index (κ1) is 23.3. The van der Waals surface area contributed by atoms with E-state index in [-0.39, 0.29) is 5.50 Å². The van der Waals surface area contributed by atoms with Gasteiger partial charge in [-0.25, -0.2) is 0 Å². The fourth-order valence-corrected chi connectivity index (χ4v) is 6.19. The Hall–Kier alpha value is -2.40. The molecule has 11 heteroatoms. The Balaban J connectivity index is 1.07. The zero-order chi connectivity index (χ0) is 23.9. The van der Waals surface area contributed by atoms with Gasteiger partial charge in [0.2, 0.25) is 0 Å². The molecule has 0 amide bonds. The van der Waals surface area contributed by atoms with Gasteiger partial charge in [0.05, 0.1) is 17.3 Å². The monoisotopic (exact) mass is 493 g/mol. The largest absolute Gasteiger partial charge is 0.416 e. The van der Waals surface area contributed by atoms with E-state index in [0.29, 0.717) is 12.0 Å². The van der Waals surface area contributed by atoms with Gasteiger partial charge in [0.15, 0.2) is 11.3 Å². The van der Waals surface area contributed by atoms with Crippen LogP contribution >= 0.6 is 11.8 Å². The zero-order valence-electron chi connectivity index (χ0n) is 19.4. The van der Waals surface area contributed by atoms with Gasteiger partial charge in [0, 0.05) is 51.7 Å². The molecule has 2 saturated heterocycles. The van der Waals surface area contributed by atoms with Crippen molar-refractivity contribution < 1.29 is 13.2 Å². The summed E-state index contributed by atoms with van der Waals surface area (Å²) in [6.07, 6.45) is 1.68. The molecule has 5 rings (SSSR count). The van der Waals surface area contributed by atoms with Crippen molar-refractivity contribution in [2.24, 2.45) is 18.1 Å². The van der Waals surface area contributed by atoms with Gasteiger partial charge in [-0.05, 0) is 55.3 Å². The number of halogens is 3. The minimum Gasteiger partial charge on any atom is -0.367 e. The number of likely N-dealkylation sites (tertiary alicyclic amines) is 1. The maximum Gasteiger partial charge on any atom is 0.416 e. The Morgan fingerprint density at radius 3 is 2.65 bits per heavy atom. The van der Waals surface area contributed by atoms with Crippen LogP contribution in [-0.2, 0) is 13.2 Å². The Morgan fingerprint density at radius 2 is 1.94 bits per heavy atom. The summed E-state index contributed by atoms with van der Waals surface area (Å²) in [6.45, 7) is 4.01. The summed E-state index contributed by atoms with van der Waals surface area (Å²) in [7, 11) is 3.94. The third kappa shape index (κ3) is 4.72. The molecule has 1 aromatic carbocycles. The number of aromatic nitrogens is 2. The van der Waals surface area contributed by atoms with E-state index in [9.17, 15) is 13.2 Å². The second kappa shape index (κ2) is 9.33. The molecule has 0 aliphatic carbocycles. The molecule has 1 N–H and O–H groups in total. The molecule has 34 heavy (non-hydrogen) atoms. The van der Waals surface area contributed by atoms with Crippen LogP contribution in [0.15, 0.2) is 41.8 Å². The highest BCUT2D eigenvalue weighted by Crippen LogP contribution is 2.37. The molecule has 3 aliphatic rings. The van der Waals surface area contributed by atoms with Gasteiger partial charge in [0.25, 0.3) is 0 Å². The van der Waals surface area contributed by atoms with Crippen LogP contribution in [0.3, 0.4) is 0 Å². The highest BCUT2D eigenvalue weighted by molar-refractivity contribution is 7.99. The van der Waals surface area contributed by atoms with Crippen LogP contribution in [-0.4, -0.2) is 75.9 Å².